The third-order valence-corrected chi connectivity index (χ3v) is 1.54. The van der Waals surface area contributed by atoms with Crippen LogP contribution in [0.5, 0.6) is 0 Å². The molecule has 0 amide bonds. The van der Waals surface area contributed by atoms with Gasteiger partial charge in [0.05, 0.1) is 0 Å². The van der Waals surface area contributed by atoms with Gasteiger partial charge >= 0.3 is 7.12 Å². The van der Waals surface area contributed by atoms with Crippen molar-refractivity contribution in [2.75, 3.05) is 0 Å². The molecule has 0 saturated carbocycles. The van der Waals surface area contributed by atoms with Crippen LogP contribution < -0.4 is 5.46 Å². The predicted octanol–water partition coefficient (Wildman–Crippen LogP) is -0.214. The minimum absolute atomic E-state index is 0.335. The first-order valence-corrected chi connectivity index (χ1v) is 3.52. The van der Waals surface area contributed by atoms with E-state index in [2.05, 4.69) is 4.85 Å². The third-order valence-electron chi connectivity index (χ3n) is 1.54. The predicted molar refractivity (Wildman–Crippen MR) is 46.6 cm³/mol. The molecule has 0 bridgehead atoms. The Balaban J connectivity index is 2.80. The second-order valence-corrected chi connectivity index (χ2v) is 2.43. The minimum atomic E-state index is -1.42. The lowest BCUT2D eigenvalue weighted by molar-refractivity contribution is 0.426. The summed E-state index contributed by atoms with van der Waals surface area (Å²) < 4.78 is 0. The molecule has 12 heavy (non-hydrogen) atoms. The average Bonchev–Trinajstić information content (AvgIpc) is 2.06. The van der Waals surface area contributed by atoms with Crippen LogP contribution in [0, 0.1) is 6.57 Å². The van der Waals surface area contributed by atoms with E-state index in [1.165, 1.54) is 0 Å². The molecule has 0 aliphatic rings. The number of nitrogens with zero attached hydrogens (tertiary/aromatic N) is 1. The first-order chi connectivity index (χ1) is 5.74. The van der Waals surface area contributed by atoms with E-state index in [0.717, 1.165) is 5.56 Å². The molecule has 0 aliphatic carbocycles. The summed E-state index contributed by atoms with van der Waals surface area (Å²) in [6.07, 6.45) is 0. The largest absolute Gasteiger partial charge is 0.488 e. The summed E-state index contributed by atoms with van der Waals surface area (Å²) in [4.78, 5) is 3.21. The van der Waals surface area contributed by atoms with E-state index < -0.39 is 7.12 Å². The maximum Gasteiger partial charge on any atom is 0.488 e. The molecule has 1 rings (SSSR count). The van der Waals surface area contributed by atoms with E-state index in [4.69, 9.17) is 16.6 Å². The summed E-state index contributed by atoms with van der Waals surface area (Å²) in [5.74, 6) is 0. The summed E-state index contributed by atoms with van der Waals surface area (Å²) in [7, 11) is -1.42. The van der Waals surface area contributed by atoms with Gasteiger partial charge in [-0.15, -0.1) is 0 Å². The van der Waals surface area contributed by atoms with Gasteiger partial charge in [-0.1, -0.05) is 24.3 Å². The topological polar surface area (TPSA) is 44.8 Å². The van der Waals surface area contributed by atoms with Gasteiger partial charge < -0.3 is 14.9 Å². The Kier molecular flexibility index (Phi) is 2.86. The molecule has 1 aromatic carbocycles. The third kappa shape index (κ3) is 2.09. The number of benzene rings is 1. The average molecular weight is 161 g/mol. The highest BCUT2D eigenvalue weighted by molar-refractivity contribution is 6.58. The van der Waals surface area contributed by atoms with Crippen LogP contribution in [0.2, 0.25) is 0 Å². The van der Waals surface area contributed by atoms with Crippen LogP contribution in [-0.2, 0) is 6.54 Å². The Bertz CT molecular complexity index is 289. The van der Waals surface area contributed by atoms with Crippen LogP contribution in [0.3, 0.4) is 0 Å². The van der Waals surface area contributed by atoms with Crippen LogP contribution in [0.25, 0.3) is 4.85 Å². The van der Waals surface area contributed by atoms with Crippen LogP contribution in [0.4, 0.5) is 0 Å². The van der Waals surface area contributed by atoms with Gasteiger partial charge in [0, 0.05) is 5.56 Å². The van der Waals surface area contributed by atoms with Crippen molar-refractivity contribution < 1.29 is 10.0 Å². The van der Waals surface area contributed by atoms with E-state index in [0.29, 0.717) is 12.0 Å². The van der Waals surface area contributed by atoms with Crippen molar-refractivity contribution in [1.29, 1.82) is 0 Å². The molecule has 0 fully saturated rings. The lowest BCUT2D eigenvalue weighted by atomic mass is 9.80. The van der Waals surface area contributed by atoms with E-state index in [9.17, 15) is 0 Å². The standard InChI is InChI=1S/C8H8BNO2/c1-10-6-7-2-4-8(5-3-7)9(11)12/h2-5,11-12H,6H2. The van der Waals surface area contributed by atoms with Gasteiger partial charge in [0.1, 0.15) is 0 Å². The van der Waals surface area contributed by atoms with Gasteiger partial charge in [0.2, 0.25) is 6.54 Å². The van der Waals surface area contributed by atoms with Crippen LogP contribution in [-0.4, -0.2) is 17.2 Å². The Hall–Kier alpha value is -1.31. The molecule has 0 unspecified atom stereocenters. The van der Waals surface area contributed by atoms with Crippen molar-refractivity contribution in [1.82, 2.24) is 0 Å². The lowest BCUT2D eigenvalue weighted by Gasteiger charge is -1.97. The zero-order chi connectivity index (χ0) is 8.97. The van der Waals surface area contributed by atoms with Crippen molar-refractivity contribution in [2.24, 2.45) is 0 Å². The molecule has 0 radical (unpaired) electrons. The second kappa shape index (κ2) is 3.91. The van der Waals surface area contributed by atoms with Crippen LogP contribution in [0.1, 0.15) is 5.56 Å². The molecule has 1 aromatic rings. The molecule has 0 aliphatic heterocycles. The lowest BCUT2D eigenvalue weighted by Crippen LogP contribution is -2.29. The van der Waals surface area contributed by atoms with E-state index in [1.54, 1.807) is 24.3 Å². The molecular formula is C8H8BNO2. The van der Waals surface area contributed by atoms with E-state index in [1.807, 2.05) is 0 Å². The molecule has 3 nitrogen and oxygen atoms in total. The SMILES string of the molecule is [C-]#[N+]Cc1ccc(B(O)O)cc1. The van der Waals surface area contributed by atoms with E-state index >= 15 is 0 Å². The van der Waals surface area contributed by atoms with Gasteiger partial charge in [-0.25, -0.2) is 6.57 Å². The van der Waals surface area contributed by atoms with Crippen LogP contribution >= 0.6 is 0 Å². The first-order valence-electron chi connectivity index (χ1n) is 3.52. The zero-order valence-electron chi connectivity index (χ0n) is 6.44. The summed E-state index contributed by atoms with van der Waals surface area (Å²) in [6.45, 7) is 6.94. The summed E-state index contributed by atoms with van der Waals surface area (Å²) >= 11 is 0. The smallest absolute Gasteiger partial charge is 0.423 e. The monoisotopic (exact) mass is 161 g/mol. The molecule has 0 atom stereocenters. The quantitative estimate of drug-likeness (QED) is 0.465. The second-order valence-electron chi connectivity index (χ2n) is 2.43. The normalized spacial score (nSPS) is 9.08. The minimum Gasteiger partial charge on any atom is -0.423 e. The Morgan fingerprint density at radius 2 is 1.83 bits per heavy atom. The molecule has 60 valence electrons. The van der Waals surface area contributed by atoms with Crippen molar-refractivity contribution in [3.63, 3.8) is 0 Å². The van der Waals surface area contributed by atoms with Crippen molar-refractivity contribution in [3.05, 3.63) is 41.2 Å². The number of hydrogen-bond donors (Lipinski definition) is 2. The van der Waals surface area contributed by atoms with Crippen molar-refractivity contribution in [3.8, 4) is 0 Å². The molecule has 2 N–H and O–H groups in total. The Morgan fingerprint density at radius 1 is 1.25 bits per heavy atom. The number of rotatable bonds is 2. The number of hydrogen-bond acceptors (Lipinski definition) is 2. The van der Waals surface area contributed by atoms with Crippen LogP contribution in [0.15, 0.2) is 24.3 Å². The fourth-order valence-electron chi connectivity index (χ4n) is 0.886. The van der Waals surface area contributed by atoms with E-state index in [-0.39, 0.29) is 0 Å². The highest BCUT2D eigenvalue weighted by Gasteiger charge is 2.09. The van der Waals surface area contributed by atoms with Crippen molar-refractivity contribution >= 4 is 12.6 Å². The van der Waals surface area contributed by atoms with Crippen molar-refractivity contribution in [2.45, 2.75) is 6.54 Å². The van der Waals surface area contributed by atoms with Gasteiger partial charge in [-0.3, -0.25) is 0 Å². The van der Waals surface area contributed by atoms with Gasteiger partial charge in [-0.2, -0.15) is 0 Å². The fourth-order valence-corrected chi connectivity index (χ4v) is 0.886. The zero-order valence-corrected chi connectivity index (χ0v) is 6.44. The van der Waals surface area contributed by atoms with Gasteiger partial charge in [-0.05, 0) is 5.46 Å². The molecular weight excluding hydrogens is 153 g/mol. The van der Waals surface area contributed by atoms with Gasteiger partial charge in [0.25, 0.3) is 0 Å². The summed E-state index contributed by atoms with van der Waals surface area (Å²) in [5.41, 5.74) is 1.33. The Morgan fingerprint density at radius 3 is 2.25 bits per heavy atom. The molecule has 0 spiro atoms. The fraction of sp³-hybridized carbons (Fsp3) is 0.125. The molecule has 4 heteroatoms. The highest BCUT2D eigenvalue weighted by atomic mass is 16.4. The van der Waals surface area contributed by atoms with Gasteiger partial charge in [0.15, 0.2) is 0 Å². The molecule has 0 saturated heterocycles. The first kappa shape index (κ1) is 8.79. The molecule has 0 heterocycles. The maximum atomic E-state index is 8.74. The Labute approximate surface area is 71.2 Å². The molecule has 0 aromatic heterocycles. The summed E-state index contributed by atoms with van der Waals surface area (Å²) in [6, 6.07) is 6.63. The summed E-state index contributed by atoms with van der Waals surface area (Å²) in [5, 5.41) is 17.5. The maximum absolute atomic E-state index is 8.74. The highest BCUT2D eigenvalue weighted by Crippen LogP contribution is 1.98.